The molecule has 0 aliphatic rings. The van der Waals surface area contributed by atoms with Crippen molar-refractivity contribution < 1.29 is 17.7 Å². The lowest BCUT2D eigenvalue weighted by atomic mass is 10.2. The van der Waals surface area contributed by atoms with Crippen LogP contribution in [0.2, 0.25) is 0 Å². The Balaban J connectivity index is 2.40. The maximum Gasteiger partial charge on any atom is 0.417 e. The van der Waals surface area contributed by atoms with Crippen molar-refractivity contribution in [1.29, 1.82) is 0 Å². The smallest absolute Gasteiger partial charge is 0.380 e. The fraction of sp³-hybridized carbons (Fsp3) is 0.111. The molecule has 0 aliphatic heterocycles. The molecule has 0 saturated carbocycles. The van der Waals surface area contributed by atoms with E-state index in [4.69, 9.17) is 10.3 Å². The minimum atomic E-state index is -4.41. The summed E-state index contributed by atoms with van der Waals surface area (Å²) < 4.78 is 42.1. The van der Waals surface area contributed by atoms with E-state index in [-0.39, 0.29) is 17.3 Å². The van der Waals surface area contributed by atoms with Gasteiger partial charge < -0.3 is 10.3 Å². The highest BCUT2D eigenvalue weighted by Crippen LogP contribution is 2.33. The fourth-order valence-electron chi connectivity index (χ4n) is 1.15. The maximum absolute atomic E-state index is 12.3. The third-order valence-electron chi connectivity index (χ3n) is 1.98. The zero-order valence-corrected chi connectivity index (χ0v) is 9.71. The largest absolute Gasteiger partial charge is 0.417 e. The molecule has 0 fully saturated rings. The van der Waals surface area contributed by atoms with Crippen LogP contribution in [0.15, 0.2) is 27.3 Å². The number of nitrogens with two attached hydrogens (primary N) is 1. The van der Waals surface area contributed by atoms with E-state index >= 15 is 0 Å². The minimum absolute atomic E-state index is 0.113. The Kier molecular flexibility index (Phi) is 2.82. The number of alkyl halides is 3. The summed E-state index contributed by atoms with van der Waals surface area (Å²) in [6.07, 6.45) is -3.69. The second-order valence-electron chi connectivity index (χ2n) is 3.14. The van der Waals surface area contributed by atoms with Crippen LogP contribution in [0.3, 0.4) is 0 Å². The zero-order chi connectivity index (χ0) is 12.6. The van der Waals surface area contributed by atoms with Crippen molar-refractivity contribution in [3.8, 4) is 11.5 Å². The Labute approximate surface area is 102 Å². The first kappa shape index (κ1) is 11.9. The van der Waals surface area contributed by atoms with E-state index in [0.29, 0.717) is 4.47 Å². The molecule has 0 saturated heterocycles. The average Bonchev–Trinajstić information content (AvgIpc) is 2.59. The predicted octanol–water partition coefficient (Wildman–Crippen LogP) is 3.10. The van der Waals surface area contributed by atoms with Crippen LogP contribution in [0.5, 0.6) is 0 Å². The molecule has 4 nitrogen and oxygen atoms in total. The van der Waals surface area contributed by atoms with Crippen LogP contribution in [-0.4, -0.2) is 10.1 Å². The van der Waals surface area contributed by atoms with Crippen LogP contribution in [0, 0.1) is 0 Å². The van der Waals surface area contributed by atoms with Crippen molar-refractivity contribution in [2.24, 2.45) is 0 Å². The quantitative estimate of drug-likeness (QED) is 0.879. The van der Waals surface area contributed by atoms with Gasteiger partial charge in [0.15, 0.2) is 5.82 Å². The highest BCUT2D eigenvalue weighted by atomic mass is 79.9. The third kappa shape index (κ3) is 2.26. The van der Waals surface area contributed by atoms with Crippen LogP contribution in [0.25, 0.3) is 11.5 Å². The number of halogens is 4. The lowest BCUT2D eigenvalue weighted by molar-refractivity contribution is -0.137. The second-order valence-corrected chi connectivity index (χ2v) is 3.93. The van der Waals surface area contributed by atoms with Crippen molar-refractivity contribution >= 4 is 21.7 Å². The molecule has 2 aromatic rings. The molecule has 0 aromatic carbocycles. The van der Waals surface area contributed by atoms with Crippen molar-refractivity contribution in [2.45, 2.75) is 6.18 Å². The third-order valence-corrected chi connectivity index (χ3v) is 2.75. The standard InChI is InChI=1S/C9H5BrF3N3O/c10-6-7(17-16-8(6)14)5-2-1-4(3-15-5)9(11,12)13/h1-3H,(H2,14,16). The van der Waals surface area contributed by atoms with Crippen molar-refractivity contribution in [2.75, 3.05) is 5.73 Å². The van der Waals surface area contributed by atoms with Gasteiger partial charge in [-0.05, 0) is 28.1 Å². The molecule has 2 heterocycles. The molecule has 90 valence electrons. The van der Waals surface area contributed by atoms with Gasteiger partial charge in [-0.15, -0.1) is 0 Å². The van der Waals surface area contributed by atoms with E-state index in [9.17, 15) is 13.2 Å². The predicted molar refractivity (Wildman–Crippen MR) is 56.8 cm³/mol. The van der Waals surface area contributed by atoms with Crippen LogP contribution < -0.4 is 5.73 Å². The highest BCUT2D eigenvalue weighted by Gasteiger charge is 2.31. The van der Waals surface area contributed by atoms with Gasteiger partial charge in [0.25, 0.3) is 0 Å². The van der Waals surface area contributed by atoms with Gasteiger partial charge in [-0.2, -0.15) is 13.2 Å². The van der Waals surface area contributed by atoms with Gasteiger partial charge >= 0.3 is 6.18 Å². The normalized spacial score (nSPS) is 11.8. The summed E-state index contributed by atoms with van der Waals surface area (Å²) in [5.41, 5.74) is 4.81. The van der Waals surface area contributed by atoms with Crippen LogP contribution in [0.4, 0.5) is 19.0 Å². The van der Waals surface area contributed by atoms with Crippen LogP contribution >= 0.6 is 15.9 Å². The lowest BCUT2D eigenvalue weighted by Gasteiger charge is -2.05. The molecule has 2 N–H and O–H groups in total. The van der Waals surface area contributed by atoms with Crippen LogP contribution in [-0.2, 0) is 6.18 Å². The molecule has 8 heteroatoms. The van der Waals surface area contributed by atoms with Crippen molar-refractivity contribution in [3.63, 3.8) is 0 Å². The molecular weight excluding hydrogens is 303 g/mol. The van der Waals surface area contributed by atoms with Crippen LogP contribution in [0.1, 0.15) is 5.56 Å². The molecule has 0 unspecified atom stereocenters. The summed E-state index contributed by atoms with van der Waals surface area (Å²) in [6.45, 7) is 0. The molecular formula is C9H5BrF3N3O. The molecule has 0 atom stereocenters. The number of aromatic nitrogens is 2. The van der Waals surface area contributed by atoms with Crippen molar-refractivity contribution in [1.82, 2.24) is 10.1 Å². The number of rotatable bonds is 1. The maximum atomic E-state index is 12.3. The zero-order valence-electron chi connectivity index (χ0n) is 8.12. The topological polar surface area (TPSA) is 64.9 Å². The second kappa shape index (κ2) is 4.02. The van der Waals surface area contributed by atoms with Gasteiger partial charge in [0.05, 0.1) is 5.56 Å². The molecule has 0 aliphatic carbocycles. The summed E-state index contributed by atoms with van der Waals surface area (Å²) in [6, 6.07) is 2.10. The average molecular weight is 308 g/mol. The van der Waals surface area contributed by atoms with Crippen molar-refractivity contribution in [3.05, 3.63) is 28.4 Å². The number of hydrogen-bond acceptors (Lipinski definition) is 4. The molecule has 0 radical (unpaired) electrons. The molecule has 0 amide bonds. The SMILES string of the molecule is Nc1noc(-c2ccc(C(F)(F)F)cn2)c1Br. The monoisotopic (exact) mass is 307 g/mol. The number of anilines is 1. The van der Waals surface area contributed by atoms with E-state index < -0.39 is 11.7 Å². The Bertz CT molecular complexity index is 535. The first-order chi connectivity index (χ1) is 7.89. The first-order valence-electron chi connectivity index (χ1n) is 4.34. The van der Waals surface area contributed by atoms with E-state index in [2.05, 4.69) is 26.1 Å². The number of nitrogens with zero attached hydrogens (tertiary/aromatic N) is 2. The van der Waals surface area contributed by atoms with Gasteiger partial charge in [0, 0.05) is 6.20 Å². The summed E-state index contributed by atoms with van der Waals surface area (Å²) >= 11 is 3.10. The highest BCUT2D eigenvalue weighted by molar-refractivity contribution is 9.10. The van der Waals surface area contributed by atoms with Gasteiger partial charge in [-0.3, -0.25) is 4.98 Å². The Morgan fingerprint density at radius 2 is 2.00 bits per heavy atom. The lowest BCUT2D eigenvalue weighted by Crippen LogP contribution is -2.05. The van der Waals surface area contributed by atoms with E-state index in [0.717, 1.165) is 12.3 Å². The minimum Gasteiger partial charge on any atom is -0.380 e. The Hall–Kier alpha value is -1.57. The summed E-state index contributed by atoms with van der Waals surface area (Å²) in [5.74, 6) is 0.304. The molecule has 0 spiro atoms. The van der Waals surface area contributed by atoms with E-state index in [1.165, 1.54) is 6.07 Å². The van der Waals surface area contributed by atoms with Gasteiger partial charge in [-0.25, -0.2) is 0 Å². The van der Waals surface area contributed by atoms with E-state index in [1.54, 1.807) is 0 Å². The summed E-state index contributed by atoms with van der Waals surface area (Å²) in [4.78, 5) is 3.65. The summed E-state index contributed by atoms with van der Waals surface area (Å²) in [7, 11) is 0. The molecule has 2 rings (SSSR count). The number of pyridine rings is 1. The molecule has 17 heavy (non-hydrogen) atoms. The van der Waals surface area contributed by atoms with Gasteiger partial charge in [0.1, 0.15) is 10.2 Å². The number of nitrogen functional groups attached to an aromatic ring is 1. The van der Waals surface area contributed by atoms with E-state index in [1.807, 2.05) is 0 Å². The first-order valence-corrected chi connectivity index (χ1v) is 5.13. The van der Waals surface area contributed by atoms with Gasteiger partial charge in [-0.1, -0.05) is 5.16 Å². The summed E-state index contributed by atoms with van der Waals surface area (Å²) in [5, 5.41) is 3.46. The van der Waals surface area contributed by atoms with Gasteiger partial charge in [0.2, 0.25) is 5.76 Å². The Morgan fingerprint density at radius 1 is 1.29 bits per heavy atom. The molecule has 2 aromatic heterocycles. The Morgan fingerprint density at radius 3 is 2.41 bits per heavy atom. The molecule has 0 bridgehead atoms. The fourth-order valence-corrected chi connectivity index (χ4v) is 1.49. The number of hydrogen-bond donors (Lipinski definition) is 1.